The maximum atomic E-state index is 12.1. The van der Waals surface area contributed by atoms with Gasteiger partial charge in [0.1, 0.15) is 0 Å². The quantitative estimate of drug-likeness (QED) is 0.499. The average molecular weight is 194 g/mol. The summed E-state index contributed by atoms with van der Waals surface area (Å²) < 4.78 is 5.21. The van der Waals surface area contributed by atoms with Crippen LogP contribution >= 0.6 is 0 Å². The molecule has 2 nitrogen and oxygen atoms in total. The third-order valence-electron chi connectivity index (χ3n) is 3.60. The number of carbonyl (C=O) groups is 1. The molecule has 0 bridgehead atoms. The zero-order valence-corrected chi connectivity index (χ0v) is 8.84. The summed E-state index contributed by atoms with van der Waals surface area (Å²) in [6.45, 7) is 2.60. The van der Waals surface area contributed by atoms with E-state index in [-0.39, 0.29) is 5.41 Å². The Hall–Kier alpha value is -0.790. The molecule has 2 aliphatic rings. The lowest BCUT2D eigenvalue weighted by atomic mass is 9.83. The predicted octanol–water partition coefficient (Wildman–Crippen LogP) is 2.83. The zero-order valence-electron chi connectivity index (χ0n) is 8.84. The second-order valence-corrected chi connectivity index (χ2v) is 4.41. The number of rotatable bonds is 2. The van der Waals surface area contributed by atoms with Crippen LogP contribution in [0, 0.1) is 5.41 Å². The molecule has 0 aromatic rings. The number of ketones is 1. The Morgan fingerprint density at radius 2 is 2.07 bits per heavy atom. The van der Waals surface area contributed by atoms with Crippen LogP contribution in [0.2, 0.25) is 0 Å². The first-order chi connectivity index (χ1) is 6.78. The standard InChI is InChI=1S/C12H18O2/c1-2-14-9-10-5-8-12(11(10)13)6-3-4-7-12/h9H,2-8H2,1H3/b10-9+. The van der Waals surface area contributed by atoms with Crippen molar-refractivity contribution < 1.29 is 9.53 Å². The Morgan fingerprint density at radius 1 is 1.36 bits per heavy atom. The van der Waals surface area contributed by atoms with E-state index in [1.54, 1.807) is 6.26 Å². The number of hydrogen-bond donors (Lipinski definition) is 0. The molecule has 1 spiro atoms. The smallest absolute Gasteiger partial charge is 0.168 e. The van der Waals surface area contributed by atoms with E-state index in [0.717, 1.165) is 31.3 Å². The van der Waals surface area contributed by atoms with E-state index in [4.69, 9.17) is 4.74 Å². The van der Waals surface area contributed by atoms with Gasteiger partial charge < -0.3 is 4.74 Å². The van der Waals surface area contributed by atoms with Gasteiger partial charge in [0.15, 0.2) is 5.78 Å². The second-order valence-electron chi connectivity index (χ2n) is 4.41. The minimum atomic E-state index is 0.0307. The lowest BCUT2D eigenvalue weighted by molar-refractivity contribution is -0.122. The molecule has 2 saturated carbocycles. The number of carbonyl (C=O) groups excluding carboxylic acids is 1. The fourth-order valence-corrected chi connectivity index (χ4v) is 2.77. The van der Waals surface area contributed by atoms with Crippen molar-refractivity contribution in [2.75, 3.05) is 6.61 Å². The van der Waals surface area contributed by atoms with Gasteiger partial charge in [-0.2, -0.15) is 0 Å². The van der Waals surface area contributed by atoms with Crippen LogP contribution in [0.4, 0.5) is 0 Å². The van der Waals surface area contributed by atoms with Crippen molar-refractivity contribution in [1.29, 1.82) is 0 Å². The maximum absolute atomic E-state index is 12.1. The molecule has 2 aliphatic carbocycles. The minimum absolute atomic E-state index is 0.0307. The molecular weight excluding hydrogens is 176 g/mol. The van der Waals surface area contributed by atoms with E-state index >= 15 is 0 Å². The highest BCUT2D eigenvalue weighted by atomic mass is 16.5. The number of Topliss-reactive ketones (excluding diaryl/α,β-unsaturated/α-hetero) is 1. The van der Waals surface area contributed by atoms with E-state index in [1.807, 2.05) is 6.92 Å². The fourth-order valence-electron chi connectivity index (χ4n) is 2.77. The van der Waals surface area contributed by atoms with Crippen LogP contribution in [0.15, 0.2) is 11.8 Å². The molecule has 2 heteroatoms. The van der Waals surface area contributed by atoms with Crippen molar-refractivity contribution in [3.8, 4) is 0 Å². The molecule has 0 radical (unpaired) electrons. The summed E-state index contributed by atoms with van der Waals surface area (Å²) in [6, 6.07) is 0. The van der Waals surface area contributed by atoms with Gasteiger partial charge in [-0.15, -0.1) is 0 Å². The van der Waals surface area contributed by atoms with Gasteiger partial charge in [0.25, 0.3) is 0 Å². The van der Waals surface area contributed by atoms with Crippen LogP contribution in [0.3, 0.4) is 0 Å². The van der Waals surface area contributed by atoms with E-state index in [1.165, 1.54) is 12.8 Å². The third kappa shape index (κ3) is 1.47. The molecular formula is C12H18O2. The fraction of sp³-hybridized carbons (Fsp3) is 0.750. The van der Waals surface area contributed by atoms with Gasteiger partial charge in [-0.05, 0) is 32.6 Å². The van der Waals surface area contributed by atoms with E-state index < -0.39 is 0 Å². The van der Waals surface area contributed by atoms with Crippen LogP contribution in [-0.2, 0) is 9.53 Å². The summed E-state index contributed by atoms with van der Waals surface area (Å²) >= 11 is 0. The molecule has 0 heterocycles. The van der Waals surface area contributed by atoms with Crippen molar-refractivity contribution in [3.05, 3.63) is 11.8 Å². The molecule has 0 atom stereocenters. The van der Waals surface area contributed by atoms with Gasteiger partial charge in [0.2, 0.25) is 0 Å². The van der Waals surface area contributed by atoms with E-state index in [0.29, 0.717) is 12.4 Å². The normalized spacial score (nSPS) is 27.8. The van der Waals surface area contributed by atoms with Crippen LogP contribution in [0.25, 0.3) is 0 Å². The summed E-state index contributed by atoms with van der Waals surface area (Å²) in [6.07, 6.45) is 8.35. The topological polar surface area (TPSA) is 26.3 Å². The van der Waals surface area contributed by atoms with Crippen molar-refractivity contribution in [3.63, 3.8) is 0 Å². The molecule has 0 saturated heterocycles. The second kappa shape index (κ2) is 3.76. The summed E-state index contributed by atoms with van der Waals surface area (Å²) in [4.78, 5) is 12.1. The molecule has 0 amide bonds. The SMILES string of the molecule is CCO/C=C1\CCC2(CCCC2)C1=O. The largest absolute Gasteiger partial charge is 0.501 e. The number of hydrogen-bond acceptors (Lipinski definition) is 2. The predicted molar refractivity (Wildman–Crippen MR) is 54.9 cm³/mol. The van der Waals surface area contributed by atoms with Gasteiger partial charge in [-0.3, -0.25) is 4.79 Å². The van der Waals surface area contributed by atoms with Gasteiger partial charge in [0, 0.05) is 11.0 Å². The lowest BCUT2D eigenvalue weighted by Gasteiger charge is -2.18. The summed E-state index contributed by atoms with van der Waals surface area (Å²) in [5, 5.41) is 0. The molecule has 0 aliphatic heterocycles. The zero-order chi connectivity index (χ0) is 10.0. The Labute approximate surface area is 85.3 Å². The van der Waals surface area contributed by atoms with Gasteiger partial charge in [0.05, 0.1) is 12.9 Å². The summed E-state index contributed by atoms with van der Waals surface area (Å²) in [5.74, 6) is 0.378. The highest BCUT2D eigenvalue weighted by molar-refractivity contribution is 6.02. The van der Waals surface area contributed by atoms with E-state index in [9.17, 15) is 4.79 Å². The highest BCUT2D eigenvalue weighted by Gasteiger charge is 2.46. The van der Waals surface area contributed by atoms with Gasteiger partial charge >= 0.3 is 0 Å². The van der Waals surface area contributed by atoms with Gasteiger partial charge in [-0.25, -0.2) is 0 Å². The summed E-state index contributed by atoms with van der Waals surface area (Å²) in [5.41, 5.74) is 0.955. The van der Waals surface area contributed by atoms with E-state index in [2.05, 4.69) is 0 Å². The molecule has 0 aromatic carbocycles. The minimum Gasteiger partial charge on any atom is -0.501 e. The third-order valence-corrected chi connectivity index (χ3v) is 3.60. The van der Waals surface area contributed by atoms with Crippen LogP contribution in [-0.4, -0.2) is 12.4 Å². The molecule has 78 valence electrons. The Kier molecular flexibility index (Phi) is 2.62. The number of allylic oxidation sites excluding steroid dienone is 1. The Bertz CT molecular complexity index is 259. The Morgan fingerprint density at radius 3 is 2.71 bits per heavy atom. The van der Waals surface area contributed by atoms with Crippen LogP contribution in [0.5, 0.6) is 0 Å². The summed E-state index contributed by atoms with van der Waals surface area (Å²) in [7, 11) is 0. The first-order valence-electron chi connectivity index (χ1n) is 5.64. The van der Waals surface area contributed by atoms with Crippen molar-refractivity contribution >= 4 is 5.78 Å². The first kappa shape index (κ1) is 9.75. The molecule has 0 unspecified atom stereocenters. The van der Waals surface area contributed by atoms with Gasteiger partial charge in [-0.1, -0.05) is 12.8 Å². The maximum Gasteiger partial charge on any atom is 0.168 e. The lowest BCUT2D eigenvalue weighted by Crippen LogP contribution is -2.22. The van der Waals surface area contributed by atoms with Crippen molar-refractivity contribution in [1.82, 2.24) is 0 Å². The monoisotopic (exact) mass is 194 g/mol. The van der Waals surface area contributed by atoms with Crippen LogP contribution in [0.1, 0.15) is 45.4 Å². The van der Waals surface area contributed by atoms with Crippen molar-refractivity contribution in [2.24, 2.45) is 5.41 Å². The molecule has 2 fully saturated rings. The van der Waals surface area contributed by atoms with Crippen LogP contribution < -0.4 is 0 Å². The Balaban J connectivity index is 2.10. The molecule has 14 heavy (non-hydrogen) atoms. The molecule has 0 aromatic heterocycles. The number of ether oxygens (including phenoxy) is 1. The molecule has 0 N–H and O–H groups in total. The van der Waals surface area contributed by atoms with Crippen molar-refractivity contribution in [2.45, 2.75) is 45.4 Å². The average Bonchev–Trinajstić information content (AvgIpc) is 2.77. The highest BCUT2D eigenvalue weighted by Crippen LogP contribution is 2.49. The molecule has 2 rings (SSSR count). The first-order valence-corrected chi connectivity index (χ1v) is 5.64.